The molecule has 0 atom stereocenters. The van der Waals surface area contributed by atoms with E-state index in [2.05, 4.69) is 16.9 Å². The normalized spacial score (nSPS) is 11.2. The van der Waals surface area contributed by atoms with Crippen LogP contribution in [0.25, 0.3) is 21.9 Å². The van der Waals surface area contributed by atoms with Gasteiger partial charge in [-0.15, -0.1) is 0 Å². The number of nitrogens with one attached hydrogen (secondary N) is 1. The summed E-state index contributed by atoms with van der Waals surface area (Å²) in [7, 11) is 0. The average Bonchev–Trinajstić information content (AvgIpc) is 2.98. The van der Waals surface area contributed by atoms with E-state index in [9.17, 15) is 9.59 Å². The fourth-order valence-corrected chi connectivity index (χ4v) is 3.20. The number of H-pyrrole nitrogens is 1. The van der Waals surface area contributed by atoms with E-state index in [0.29, 0.717) is 5.56 Å². The smallest absolute Gasteiger partial charge is 0.303 e. The van der Waals surface area contributed by atoms with Crippen LogP contribution in [0.5, 0.6) is 0 Å². The summed E-state index contributed by atoms with van der Waals surface area (Å²) in [6, 6.07) is 7.53. The Kier molecular flexibility index (Phi) is 5.12. The number of Topliss-reactive ketones (excluding diaryl/α,β-unsaturated/α-hetero) is 1. The first-order valence-corrected chi connectivity index (χ1v) is 8.74. The van der Waals surface area contributed by atoms with Crippen molar-refractivity contribution in [2.24, 2.45) is 0 Å². The van der Waals surface area contributed by atoms with Crippen molar-refractivity contribution in [1.82, 2.24) is 9.97 Å². The Morgan fingerprint density at radius 2 is 2.00 bits per heavy atom. The lowest BCUT2D eigenvalue weighted by Gasteiger charge is -2.04. The maximum atomic E-state index is 12.3. The van der Waals surface area contributed by atoms with Gasteiger partial charge < -0.3 is 10.1 Å². The number of aromatic amines is 1. The van der Waals surface area contributed by atoms with Crippen LogP contribution in [0.4, 0.5) is 0 Å². The number of fused-ring (bicyclic) bond motifs is 3. The van der Waals surface area contributed by atoms with Gasteiger partial charge in [-0.05, 0) is 42.7 Å². The van der Waals surface area contributed by atoms with E-state index in [1.54, 1.807) is 6.07 Å². The first-order chi connectivity index (χ1) is 12.1. The number of carboxylic acid groups (broad SMARTS) is 1. The standard InChI is InChI=1S/C20H22N2O3/c1-2-3-4-5-13-10-11-21-20-19(13)15-12-14(6-7-16(15)22-20)17(23)8-9-18(24)25/h6-7,10-12H,2-5,8-9H2,1H3,(H,21,22)(H,24,25). The molecule has 0 radical (unpaired) electrons. The molecule has 0 saturated carbocycles. The monoisotopic (exact) mass is 338 g/mol. The summed E-state index contributed by atoms with van der Waals surface area (Å²) in [5.74, 6) is -1.10. The molecule has 3 rings (SSSR count). The number of nitrogens with zero attached hydrogens (tertiary/aromatic N) is 1. The van der Waals surface area contributed by atoms with Gasteiger partial charge in [0.05, 0.1) is 6.42 Å². The summed E-state index contributed by atoms with van der Waals surface area (Å²) < 4.78 is 0. The summed E-state index contributed by atoms with van der Waals surface area (Å²) in [5.41, 5.74) is 3.57. The third-order valence-electron chi connectivity index (χ3n) is 4.52. The highest BCUT2D eigenvalue weighted by Gasteiger charge is 2.13. The molecule has 3 aromatic rings. The number of rotatable bonds is 8. The van der Waals surface area contributed by atoms with Crippen LogP contribution in [0.15, 0.2) is 30.5 Å². The molecule has 2 N–H and O–H groups in total. The molecular formula is C20H22N2O3. The van der Waals surface area contributed by atoms with Crippen molar-refractivity contribution in [3.8, 4) is 0 Å². The zero-order valence-electron chi connectivity index (χ0n) is 14.3. The molecule has 0 spiro atoms. The number of hydrogen-bond acceptors (Lipinski definition) is 3. The molecule has 0 saturated heterocycles. The largest absolute Gasteiger partial charge is 0.481 e. The van der Waals surface area contributed by atoms with E-state index in [1.165, 1.54) is 18.4 Å². The van der Waals surface area contributed by atoms with Crippen molar-refractivity contribution in [1.29, 1.82) is 0 Å². The molecule has 5 nitrogen and oxygen atoms in total. The van der Waals surface area contributed by atoms with E-state index in [0.717, 1.165) is 34.8 Å². The number of aryl methyl sites for hydroxylation is 1. The Balaban J connectivity index is 2.00. The van der Waals surface area contributed by atoms with E-state index < -0.39 is 5.97 Å². The summed E-state index contributed by atoms with van der Waals surface area (Å²) in [5, 5.41) is 10.8. The van der Waals surface area contributed by atoms with Crippen LogP contribution in [0, 0.1) is 0 Å². The van der Waals surface area contributed by atoms with Crippen molar-refractivity contribution in [2.75, 3.05) is 0 Å². The minimum atomic E-state index is -0.955. The van der Waals surface area contributed by atoms with E-state index in [4.69, 9.17) is 5.11 Å². The Morgan fingerprint density at radius 1 is 1.16 bits per heavy atom. The van der Waals surface area contributed by atoms with Crippen molar-refractivity contribution in [3.05, 3.63) is 41.6 Å². The third kappa shape index (κ3) is 3.71. The van der Waals surface area contributed by atoms with Crippen LogP contribution in [0.2, 0.25) is 0 Å². The predicted octanol–water partition coefficient (Wildman–Crippen LogP) is 4.50. The van der Waals surface area contributed by atoms with Gasteiger partial charge in [0.25, 0.3) is 0 Å². The number of ketones is 1. The minimum absolute atomic E-state index is 0.0187. The number of carbonyl (C=O) groups is 2. The van der Waals surface area contributed by atoms with Crippen molar-refractivity contribution in [2.45, 2.75) is 45.4 Å². The molecule has 0 aliphatic carbocycles. The van der Waals surface area contributed by atoms with E-state index in [-0.39, 0.29) is 18.6 Å². The number of benzene rings is 1. The zero-order valence-corrected chi connectivity index (χ0v) is 14.3. The molecule has 25 heavy (non-hydrogen) atoms. The van der Waals surface area contributed by atoms with Gasteiger partial charge >= 0.3 is 5.97 Å². The fraction of sp³-hybridized carbons (Fsp3) is 0.350. The molecule has 0 bridgehead atoms. The molecular weight excluding hydrogens is 316 g/mol. The quantitative estimate of drug-likeness (QED) is 0.468. The highest BCUT2D eigenvalue weighted by molar-refractivity contribution is 6.10. The number of carbonyl (C=O) groups excluding carboxylic acids is 1. The second-order valence-corrected chi connectivity index (χ2v) is 6.35. The Hall–Kier alpha value is -2.69. The molecule has 0 amide bonds. The molecule has 0 aliphatic heterocycles. The van der Waals surface area contributed by atoms with Gasteiger partial charge in [-0.25, -0.2) is 4.98 Å². The number of carboxylic acids is 1. The van der Waals surface area contributed by atoms with Crippen LogP contribution in [-0.2, 0) is 11.2 Å². The summed E-state index contributed by atoms with van der Waals surface area (Å²) >= 11 is 0. The summed E-state index contributed by atoms with van der Waals surface area (Å²) in [4.78, 5) is 30.7. The van der Waals surface area contributed by atoms with Crippen LogP contribution >= 0.6 is 0 Å². The second kappa shape index (κ2) is 7.47. The highest BCUT2D eigenvalue weighted by Crippen LogP contribution is 2.29. The van der Waals surface area contributed by atoms with Gasteiger partial charge in [-0.3, -0.25) is 9.59 Å². The third-order valence-corrected chi connectivity index (χ3v) is 4.52. The highest BCUT2D eigenvalue weighted by atomic mass is 16.4. The first-order valence-electron chi connectivity index (χ1n) is 8.74. The first kappa shape index (κ1) is 17.1. The molecule has 2 heterocycles. The molecule has 0 fully saturated rings. The molecule has 0 aliphatic rings. The van der Waals surface area contributed by atoms with E-state index in [1.807, 2.05) is 24.4 Å². The molecule has 2 aromatic heterocycles. The van der Waals surface area contributed by atoms with Crippen LogP contribution in [-0.4, -0.2) is 26.8 Å². The predicted molar refractivity (Wildman–Crippen MR) is 98.0 cm³/mol. The Bertz CT molecular complexity index is 927. The minimum Gasteiger partial charge on any atom is -0.481 e. The number of aliphatic carboxylic acids is 1. The number of unbranched alkanes of at least 4 members (excludes halogenated alkanes) is 2. The lowest BCUT2D eigenvalue weighted by Crippen LogP contribution is -2.03. The SMILES string of the molecule is CCCCCc1ccnc2[nH]c3ccc(C(=O)CCC(=O)O)cc3c12. The van der Waals surface area contributed by atoms with Gasteiger partial charge in [0.1, 0.15) is 5.65 Å². The number of pyridine rings is 1. The van der Waals surface area contributed by atoms with Gasteiger partial charge in [0.15, 0.2) is 5.78 Å². The van der Waals surface area contributed by atoms with Gasteiger partial charge in [0.2, 0.25) is 0 Å². The second-order valence-electron chi connectivity index (χ2n) is 6.35. The number of hydrogen-bond donors (Lipinski definition) is 2. The van der Waals surface area contributed by atoms with Crippen LogP contribution < -0.4 is 0 Å². The van der Waals surface area contributed by atoms with Gasteiger partial charge in [-0.1, -0.05) is 19.8 Å². The molecule has 5 heteroatoms. The average molecular weight is 338 g/mol. The van der Waals surface area contributed by atoms with E-state index >= 15 is 0 Å². The topological polar surface area (TPSA) is 83.0 Å². The van der Waals surface area contributed by atoms with Crippen LogP contribution in [0.3, 0.4) is 0 Å². The maximum Gasteiger partial charge on any atom is 0.303 e. The summed E-state index contributed by atoms with van der Waals surface area (Å²) in [6.45, 7) is 2.18. The molecule has 130 valence electrons. The fourth-order valence-electron chi connectivity index (χ4n) is 3.20. The lowest BCUT2D eigenvalue weighted by atomic mass is 10.00. The Labute approximate surface area is 146 Å². The van der Waals surface area contributed by atoms with Crippen molar-refractivity contribution >= 4 is 33.7 Å². The van der Waals surface area contributed by atoms with Gasteiger partial charge in [-0.2, -0.15) is 0 Å². The molecule has 0 unspecified atom stereocenters. The summed E-state index contributed by atoms with van der Waals surface area (Å²) in [6.07, 6.45) is 6.16. The van der Waals surface area contributed by atoms with Crippen molar-refractivity contribution in [3.63, 3.8) is 0 Å². The molecule has 1 aromatic carbocycles. The zero-order chi connectivity index (χ0) is 17.8. The lowest BCUT2D eigenvalue weighted by molar-refractivity contribution is -0.136. The van der Waals surface area contributed by atoms with Crippen molar-refractivity contribution < 1.29 is 14.7 Å². The van der Waals surface area contributed by atoms with Gasteiger partial charge in [0, 0.05) is 34.5 Å². The number of aromatic nitrogens is 2. The van der Waals surface area contributed by atoms with Crippen LogP contribution in [0.1, 0.15) is 54.9 Å². The maximum absolute atomic E-state index is 12.3. The Morgan fingerprint density at radius 3 is 2.76 bits per heavy atom.